The summed E-state index contributed by atoms with van der Waals surface area (Å²) in [6, 6.07) is 4.88. The van der Waals surface area contributed by atoms with Gasteiger partial charge < -0.3 is 9.64 Å². The second-order valence-corrected chi connectivity index (χ2v) is 9.64. The highest BCUT2D eigenvalue weighted by molar-refractivity contribution is 7.89. The average Bonchev–Trinajstić information content (AvgIpc) is 3.06. The maximum absolute atomic E-state index is 13.2. The van der Waals surface area contributed by atoms with Crippen molar-refractivity contribution >= 4 is 15.9 Å². The predicted octanol–water partition coefficient (Wildman–Crippen LogP) is 2.67. The summed E-state index contributed by atoms with van der Waals surface area (Å²) >= 11 is 0. The fourth-order valence-corrected chi connectivity index (χ4v) is 5.70. The molecule has 0 aromatic heterocycles. The molecule has 2 fully saturated rings. The number of carbonyl (C=O) groups excluding carboxylic acids is 1. The molecule has 1 aromatic rings. The molecule has 2 aliphatic heterocycles. The van der Waals surface area contributed by atoms with Gasteiger partial charge >= 0.3 is 0 Å². The second-order valence-electron chi connectivity index (χ2n) is 7.70. The Morgan fingerprint density at radius 3 is 2.63 bits per heavy atom. The highest BCUT2D eigenvalue weighted by atomic mass is 32.2. The first-order valence-corrected chi connectivity index (χ1v) is 11.2. The van der Waals surface area contributed by atoms with Crippen LogP contribution in [0.5, 0.6) is 0 Å². The number of rotatable bonds is 5. The molecule has 2 heterocycles. The fourth-order valence-electron chi connectivity index (χ4n) is 4.22. The number of hydrogen-bond donors (Lipinski definition) is 0. The molecule has 1 amide bonds. The molecule has 0 aliphatic carbocycles. The molecule has 2 saturated heterocycles. The SMILES string of the molecule is CCN(CC)S(=O)(=O)c1ccc(C)c(C(=O)N2CCC3(CCCOC3)C2)c1. The average molecular weight is 395 g/mol. The summed E-state index contributed by atoms with van der Waals surface area (Å²) in [7, 11) is -3.58. The fraction of sp³-hybridized carbons (Fsp3) is 0.650. The number of ether oxygens (including phenoxy) is 1. The van der Waals surface area contributed by atoms with Gasteiger partial charge in [-0.15, -0.1) is 0 Å². The molecule has 150 valence electrons. The third kappa shape index (κ3) is 3.91. The summed E-state index contributed by atoms with van der Waals surface area (Å²) in [6.45, 7) is 9.22. The van der Waals surface area contributed by atoms with E-state index in [1.807, 2.05) is 25.7 Å². The minimum atomic E-state index is -3.58. The number of carbonyl (C=O) groups is 1. The summed E-state index contributed by atoms with van der Waals surface area (Å²) in [4.78, 5) is 15.2. The van der Waals surface area contributed by atoms with E-state index in [0.29, 0.717) is 38.3 Å². The van der Waals surface area contributed by atoms with Gasteiger partial charge in [0.2, 0.25) is 10.0 Å². The number of aryl methyl sites for hydroxylation is 1. The van der Waals surface area contributed by atoms with Gasteiger partial charge in [0, 0.05) is 43.8 Å². The molecule has 7 heteroatoms. The number of likely N-dealkylation sites (tertiary alicyclic amines) is 1. The number of nitrogens with zero attached hydrogens (tertiary/aromatic N) is 2. The summed E-state index contributed by atoms with van der Waals surface area (Å²) in [5.41, 5.74) is 1.36. The number of benzene rings is 1. The van der Waals surface area contributed by atoms with Gasteiger partial charge in [-0.1, -0.05) is 19.9 Å². The Hall–Kier alpha value is -1.44. The molecule has 1 spiro atoms. The maximum atomic E-state index is 13.2. The zero-order valence-electron chi connectivity index (χ0n) is 16.5. The Kier molecular flexibility index (Phi) is 5.93. The van der Waals surface area contributed by atoms with Gasteiger partial charge in [0.1, 0.15) is 0 Å². The van der Waals surface area contributed by atoms with E-state index in [9.17, 15) is 13.2 Å². The smallest absolute Gasteiger partial charge is 0.254 e. The van der Waals surface area contributed by atoms with E-state index in [2.05, 4.69) is 0 Å². The van der Waals surface area contributed by atoms with E-state index < -0.39 is 10.0 Å². The van der Waals surface area contributed by atoms with Crippen LogP contribution in [-0.4, -0.2) is 62.9 Å². The van der Waals surface area contributed by atoms with Crippen molar-refractivity contribution in [2.75, 3.05) is 39.4 Å². The van der Waals surface area contributed by atoms with Crippen molar-refractivity contribution in [1.82, 2.24) is 9.21 Å². The lowest BCUT2D eigenvalue weighted by atomic mass is 9.82. The Bertz CT molecular complexity index is 796. The molecule has 1 unspecified atom stereocenters. The van der Waals surface area contributed by atoms with Crippen LogP contribution in [0.4, 0.5) is 0 Å². The van der Waals surface area contributed by atoms with Gasteiger partial charge in [0.25, 0.3) is 5.91 Å². The first kappa shape index (κ1) is 20.3. The Balaban J connectivity index is 1.85. The predicted molar refractivity (Wildman–Crippen MR) is 104 cm³/mol. The zero-order valence-corrected chi connectivity index (χ0v) is 17.3. The van der Waals surface area contributed by atoms with E-state index in [0.717, 1.165) is 31.4 Å². The van der Waals surface area contributed by atoms with Crippen LogP contribution in [0.15, 0.2) is 23.1 Å². The highest BCUT2D eigenvalue weighted by Crippen LogP contribution is 2.38. The molecule has 0 saturated carbocycles. The number of sulfonamides is 1. The normalized spacial score (nSPS) is 23.3. The third-order valence-corrected chi connectivity index (χ3v) is 7.96. The number of hydrogen-bond acceptors (Lipinski definition) is 4. The summed E-state index contributed by atoms with van der Waals surface area (Å²) < 4.78 is 32.7. The first-order valence-electron chi connectivity index (χ1n) is 9.81. The quantitative estimate of drug-likeness (QED) is 0.770. The lowest BCUT2D eigenvalue weighted by Crippen LogP contribution is -2.37. The Labute approximate surface area is 162 Å². The van der Waals surface area contributed by atoms with Crippen molar-refractivity contribution in [1.29, 1.82) is 0 Å². The van der Waals surface area contributed by atoms with Crippen LogP contribution < -0.4 is 0 Å². The van der Waals surface area contributed by atoms with Gasteiger partial charge in [-0.2, -0.15) is 4.31 Å². The maximum Gasteiger partial charge on any atom is 0.254 e. The van der Waals surface area contributed by atoms with Crippen LogP contribution in [0, 0.1) is 12.3 Å². The van der Waals surface area contributed by atoms with Crippen molar-refractivity contribution in [3.63, 3.8) is 0 Å². The minimum Gasteiger partial charge on any atom is -0.381 e. The topological polar surface area (TPSA) is 66.9 Å². The molecule has 2 aliphatic rings. The summed E-state index contributed by atoms with van der Waals surface area (Å²) in [6.07, 6.45) is 3.08. The molecule has 0 bridgehead atoms. The standard InChI is InChI=1S/C20H30N2O4S/c1-4-22(5-2)27(24,25)17-8-7-16(3)18(13-17)19(23)21-11-10-20(14-21)9-6-12-26-15-20/h7-8,13H,4-6,9-12,14-15H2,1-3H3. The van der Waals surface area contributed by atoms with Crippen molar-refractivity contribution in [3.8, 4) is 0 Å². The van der Waals surface area contributed by atoms with Crippen molar-refractivity contribution in [2.24, 2.45) is 5.41 Å². The molecule has 0 N–H and O–H groups in total. The Morgan fingerprint density at radius 1 is 1.26 bits per heavy atom. The molecule has 1 aromatic carbocycles. The molecule has 0 radical (unpaired) electrons. The van der Waals surface area contributed by atoms with Crippen molar-refractivity contribution in [2.45, 2.75) is 44.9 Å². The molecule has 1 atom stereocenters. The molecular formula is C20H30N2O4S. The van der Waals surface area contributed by atoms with Gasteiger partial charge in [-0.3, -0.25) is 4.79 Å². The van der Waals surface area contributed by atoms with Gasteiger partial charge in [-0.05, 0) is 43.9 Å². The monoisotopic (exact) mass is 394 g/mol. The van der Waals surface area contributed by atoms with E-state index in [1.165, 1.54) is 4.31 Å². The minimum absolute atomic E-state index is 0.0761. The lowest BCUT2D eigenvalue weighted by Gasteiger charge is -2.33. The van der Waals surface area contributed by atoms with Crippen LogP contribution in [0.2, 0.25) is 0 Å². The van der Waals surface area contributed by atoms with Gasteiger partial charge in [-0.25, -0.2) is 8.42 Å². The molecule has 27 heavy (non-hydrogen) atoms. The molecule has 6 nitrogen and oxygen atoms in total. The van der Waals surface area contributed by atoms with Crippen LogP contribution in [0.3, 0.4) is 0 Å². The van der Waals surface area contributed by atoms with Crippen LogP contribution >= 0.6 is 0 Å². The van der Waals surface area contributed by atoms with Crippen molar-refractivity contribution < 1.29 is 17.9 Å². The van der Waals surface area contributed by atoms with Crippen molar-refractivity contribution in [3.05, 3.63) is 29.3 Å². The summed E-state index contributed by atoms with van der Waals surface area (Å²) in [5.74, 6) is -0.0773. The van der Waals surface area contributed by atoms with E-state index in [-0.39, 0.29) is 16.2 Å². The van der Waals surface area contributed by atoms with Crippen LogP contribution in [0.25, 0.3) is 0 Å². The van der Waals surface area contributed by atoms with Crippen LogP contribution in [0.1, 0.15) is 49.0 Å². The third-order valence-electron chi connectivity index (χ3n) is 5.91. The summed E-state index contributed by atoms with van der Waals surface area (Å²) in [5, 5.41) is 0. The zero-order chi connectivity index (χ0) is 19.7. The van der Waals surface area contributed by atoms with E-state index >= 15 is 0 Å². The largest absolute Gasteiger partial charge is 0.381 e. The Morgan fingerprint density at radius 2 is 2.00 bits per heavy atom. The first-order chi connectivity index (χ1) is 12.8. The van der Waals surface area contributed by atoms with E-state index in [1.54, 1.807) is 18.2 Å². The molecular weight excluding hydrogens is 364 g/mol. The lowest BCUT2D eigenvalue weighted by molar-refractivity contribution is -0.00160. The van der Waals surface area contributed by atoms with E-state index in [4.69, 9.17) is 4.74 Å². The number of amides is 1. The van der Waals surface area contributed by atoms with Gasteiger partial charge in [0.05, 0.1) is 11.5 Å². The van der Waals surface area contributed by atoms with Crippen LogP contribution in [-0.2, 0) is 14.8 Å². The second kappa shape index (κ2) is 7.89. The highest BCUT2D eigenvalue weighted by Gasteiger charge is 2.41. The van der Waals surface area contributed by atoms with Gasteiger partial charge in [0.15, 0.2) is 0 Å². The molecule has 3 rings (SSSR count).